The van der Waals surface area contributed by atoms with Crippen LogP contribution in [0, 0.1) is 0 Å². The number of nitrogens with one attached hydrogen (secondary N) is 2. The molecule has 2 rings (SSSR count). The van der Waals surface area contributed by atoms with Gasteiger partial charge in [-0.15, -0.1) is 0 Å². The lowest BCUT2D eigenvalue weighted by molar-refractivity contribution is 0.0592. The van der Waals surface area contributed by atoms with Crippen molar-refractivity contribution in [1.82, 2.24) is 10.6 Å². The first-order valence-electron chi connectivity index (χ1n) is 9.39. The molecule has 158 valence electrons. The molecule has 0 aliphatic rings. The Kier molecular flexibility index (Phi) is 8.56. The van der Waals surface area contributed by atoms with Crippen molar-refractivity contribution in [2.75, 3.05) is 27.3 Å². The zero-order chi connectivity index (χ0) is 21.9. The van der Waals surface area contributed by atoms with Gasteiger partial charge in [-0.3, -0.25) is 9.59 Å². The van der Waals surface area contributed by atoms with Crippen LogP contribution >= 0.6 is 0 Å². The Bertz CT molecular complexity index is 815. The summed E-state index contributed by atoms with van der Waals surface area (Å²) in [6, 6.07) is 12.4. The first kappa shape index (κ1) is 22.6. The summed E-state index contributed by atoms with van der Waals surface area (Å²) in [7, 11) is 2.60. The van der Waals surface area contributed by atoms with Crippen LogP contribution in [0.2, 0.25) is 0 Å². The van der Waals surface area contributed by atoms with Crippen molar-refractivity contribution in [2.45, 2.75) is 12.8 Å². The fourth-order valence-electron chi connectivity index (χ4n) is 2.61. The molecule has 30 heavy (non-hydrogen) atoms. The molecule has 0 saturated carbocycles. The van der Waals surface area contributed by atoms with Gasteiger partial charge in [0.1, 0.15) is 0 Å². The molecular formula is C22H24N2O6. The number of carbonyl (C=O) groups excluding carboxylic acids is 4. The van der Waals surface area contributed by atoms with E-state index in [1.165, 1.54) is 38.5 Å². The highest BCUT2D eigenvalue weighted by atomic mass is 16.5. The Morgan fingerprint density at radius 1 is 0.600 bits per heavy atom. The van der Waals surface area contributed by atoms with Gasteiger partial charge < -0.3 is 20.1 Å². The number of unbranched alkanes of at least 4 members (excludes halogenated alkanes) is 1. The first-order chi connectivity index (χ1) is 14.5. The van der Waals surface area contributed by atoms with Crippen LogP contribution in [0.5, 0.6) is 0 Å². The Hall–Kier alpha value is -3.68. The van der Waals surface area contributed by atoms with E-state index in [2.05, 4.69) is 20.1 Å². The highest BCUT2D eigenvalue weighted by Crippen LogP contribution is 2.07. The lowest BCUT2D eigenvalue weighted by Crippen LogP contribution is -2.27. The van der Waals surface area contributed by atoms with Crippen LogP contribution in [0.25, 0.3) is 0 Å². The molecule has 0 heterocycles. The van der Waals surface area contributed by atoms with Crippen LogP contribution in [0.15, 0.2) is 48.5 Å². The van der Waals surface area contributed by atoms with Crippen molar-refractivity contribution in [3.05, 3.63) is 70.8 Å². The Labute approximate surface area is 174 Å². The zero-order valence-electron chi connectivity index (χ0n) is 16.9. The molecule has 0 saturated heterocycles. The Morgan fingerprint density at radius 3 is 1.20 bits per heavy atom. The summed E-state index contributed by atoms with van der Waals surface area (Å²) in [5.74, 6) is -1.38. The van der Waals surface area contributed by atoms with E-state index >= 15 is 0 Å². The van der Waals surface area contributed by atoms with E-state index in [0.717, 1.165) is 0 Å². The Morgan fingerprint density at radius 2 is 0.900 bits per heavy atom. The molecule has 2 aromatic rings. The molecular weight excluding hydrogens is 388 g/mol. The number of hydrogen-bond acceptors (Lipinski definition) is 6. The van der Waals surface area contributed by atoms with Gasteiger partial charge in [0.2, 0.25) is 0 Å². The van der Waals surface area contributed by atoms with Gasteiger partial charge in [-0.2, -0.15) is 0 Å². The molecule has 0 aromatic heterocycles. The van der Waals surface area contributed by atoms with Crippen LogP contribution in [-0.2, 0) is 9.47 Å². The number of methoxy groups -OCH3 is 2. The summed E-state index contributed by atoms with van der Waals surface area (Å²) in [5.41, 5.74) is 1.66. The highest BCUT2D eigenvalue weighted by molar-refractivity contribution is 5.97. The van der Waals surface area contributed by atoms with Gasteiger partial charge in [-0.1, -0.05) is 0 Å². The van der Waals surface area contributed by atoms with Crippen LogP contribution in [-0.4, -0.2) is 51.1 Å². The van der Waals surface area contributed by atoms with Gasteiger partial charge in [0.25, 0.3) is 11.8 Å². The van der Waals surface area contributed by atoms with Crippen LogP contribution in [0.4, 0.5) is 0 Å². The minimum Gasteiger partial charge on any atom is -0.465 e. The van der Waals surface area contributed by atoms with E-state index in [4.69, 9.17) is 0 Å². The van der Waals surface area contributed by atoms with Gasteiger partial charge in [-0.25, -0.2) is 9.59 Å². The van der Waals surface area contributed by atoms with Crippen molar-refractivity contribution in [3.8, 4) is 0 Å². The number of ether oxygens (including phenoxy) is 2. The van der Waals surface area contributed by atoms with Crippen LogP contribution < -0.4 is 10.6 Å². The standard InChI is InChI=1S/C22H24N2O6/c1-29-21(27)17-9-5-15(6-10-17)19(25)23-13-3-4-14-24-20(26)16-7-11-18(12-8-16)22(28)30-2/h5-12H,3-4,13-14H2,1-2H3,(H,23,25)(H,24,26). The van der Waals surface area contributed by atoms with Crippen LogP contribution in [0.3, 0.4) is 0 Å². The maximum absolute atomic E-state index is 12.1. The second-order valence-corrected chi connectivity index (χ2v) is 6.36. The molecule has 0 atom stereocenters. The van der Waals surface area contributed by atoms with Crippen molar-refractivity contribution >= 4 is 23.8 Å². The largest absolute Gasteiger partial charge is 0.465 e. The fraction of sp³-hybridized carbons (Fsp3) is 0.273. The minimum atomic E-state index is -0.455. The maximum Gasteiger partial charge on any atom is 0.337 e. The quantitative estimate of drug-likeness (QED) is 0.483. The Balaban J connectivity index is 1.66. The third-order valence-corrected chi connectivity index (χ3v) is 4.31. The molecule has 2 aromatic carbocycles. The molecule has 0 aliphatic carbocycles. The molecule has 2 N–H and O–H groups in total. The topological polar surface area (TPSA) is 111 Å². The summed E-state index contributed by atoms with van der Waals surface area (Å²) in [4.78, 5) is 47.0. The van der Waals surface area contributed by atoms with Crippen LogP contribution in [0.1, 0.15) is 54.3 Å². The fourth-order valence-corrected chi connectivity index (χ4v) is 2.61. The molecule has 0 bridgehead atoms. The summed E-state index contributed by atoms with van der Waals surface area (Å²) in [5, 5.41) is 5.58. The third-order valence-electron chi connectivity index (χ3n) is 4.31. The van der Waals surface area contributed by atoms with Gasteiger partial charge in [0, 0.05) is 24.2 Å². The van der Waals surface area contributed by atoms with Crippen molar-refractivity contribution in [1.29, 1.82) is 0 Å². The normalized spacial score (nSPS) is 10.1. The monoisotopic (exact) mass is 412 g/mol. The van der Waals surface area contributed by atoms with Crippen molar-refractivity contribution in [2.24, 2.45) is 0 Å². The number of carbonyl (C=O) groups is 4. The van der Waals surface area contributed by atoms with E-state index in [9.17, 15) is 19.2 Å². The number of esters is 2. The van der Waals surface area contributed by atoms with E-state index in [0.29, 0.717) is 48.2 Å². The average molecular weight is 412 g/mol. The lowest BCUT2D eigenvalue weighted by atomic mass is 10.1. The first-order valence-corrected chi connectivity index (χ1v) is 9.39. The molecule has 2 amide bonds. The minimum absolute atomic E-state index is 0.235. The average Bonchev–Trinajstić information content (AvgIpc) is 2.80. The predicted octanol–water partition coefficient (Wildman–Crippen LogP) is 2.20. The van der Waals surface area contributed by atoms with E-state index < -0.39 is 11.9 Å². The highest BCUT2D eigenvalue weighted by Gasteiger charge is 2.10. The number of benzene rings is 2. The summed E-state index contributed by atoms with van der Waals surface area (Å²) in [6.45, 7) is 0.919. The maximum atomic E-state index is 12.1. The number of hydrogen-bond donors (Lipinski definition) is 2. The molecule has 0 spiro atoms. The van der Waals surface area contributed by atoms with E-state index in [-0.39, 0.29) is 11.8 Å². The van der Waals surface area contributed by atoms with E-state index in [1.54, 1.807) is 24.3 Å². The lowest BCUT2D eigenvalue weighted by Gasteiger charge is -2.08. The molecule has 8 heteroatoms. The number of amides is 2. The van der Waals surface area contributed by atoms with Gasteiger partial charge in [0.15, 0.2) is 0 Å². The van der Waals surface area contributed by atoms with Gasteiger partial charge >= 0.3 is 11.9 Å². The molecule has 0 unspecified atom stereocenters. The summed E-state index contributed by atoms with van der Waals surface area (Å²) >= 11 is 0. The number of rotatable bonds is 9. The van der Waals surface area contributed by atoms with E-state index in [1.807, 2.05) is 0 Å². The second-order valence-electron chi connectivity index (χ2n) is 6.36. The smallest absolute Gasteiger partial charge is 0.337 e. The zero-order valence-corrected chi connectivity index (χ0v) is 16.9. The summed E-state index contributed by atoms with van der Waals surface area (Å²) in [6.07, 6.45) is 1.38. The molecule has 0 fully saturated rings. The molecule has 8 nitrogen and oxygen atoms in total. The SMILES string of the molecule is COC(=O)c1ccc(C(=O)NCCCCNC(=O)c2ccc(C(=O)OC)cc2)cc1. The molecule has 0 radical (unpaired) electrons. The van der Waals surface area contributed by atoms with Gasteiger partial charge in [0.05, 0.1) is 25.3 Å². The molecule has 0 aliphatic heterocycles. The third kappa shape index (κ3) is 6.44. The van der Waals surface area contributed by atoms with Gasteiger partial charge in [-0.05, 0) is 61.4 Å². The second kappa shape index (κ2) is 11.4. The predicted molar refractivity (Wildman–Crippen MR) is 109 cm³/mol. The van der Waals surface area contributed by atoms with Crippen molar-refractivity contribution < 1.29 is 28.7 Å². The van der Waals surface area contributed by atoms with Crippen molar-refractivity contribution in [3.63, 3.8) is 0 Å². The summed E-state index contributed by atoms with van der Waals surface area (Å²) < 4.78 is 9.23.